The highest BCUT2D eigenvalue weighted by atomic mass is 32.1. The molecule has 1 saturated heterocycles. The molecule has 33 heavy (non-hydrogen) atoms. The topological polar surface area (TPSA) is 118 Å². The zero-order valence-electron chi connectivity index (χ0n) is 18.5. The van der Waals surface area contributed by atoms with Crippen LogP contribution >= 0.6 is 11.3 Å². The summed E-state index contributed by atoms with van der Waals surface area (Å²) in [5, 5.41) is 6.31. The molecule has 2 aromatic heterocycles. The molecule has 1 aliphatic heterocycles. The fourth-order valence-electron chi connectivity index (χ4n) is 3.80. The van der Waals surface area contributed by atoms with Gasteiger partial charge in [-0.25, -0.2) is 4.98 Å². The van der Waals surface area contributed by atoms with Crippen LogP contribution in [-0.2, 0) is 16.1 Å². The Hall–Kier alpha value is -3.47. The van der Waals surface area contributed by atoms with E-state index >= 15 is 0 Å². The van der Waals surface area contributed by atoms with Gasteiger partial charge in [0.25, 0.3) is 5.56 Å². The van der Waals surface area contributed by atoms with Gasteiger partial charge in [-0.15, -0.1) is 0 Å². The summed E-state index contributed by atoms with van der Waals surface area (Å²) in [7, 11) is 1.57. The fourth-order valence-corrected chi connectivity index (χ4v) is 4.80. The van der Waals surface area contributed by atoms with Crippen LogP contribution in [0.4, 0.5) is 10.8 Å². The van der Waals surface area contributed by atoms with Gasteiger partial charge in [0, 0.05) is 25.3 Å². The predicted molar refractivity (Wildman–Crippen MR) is 127 cm³/mol. The Kier molecular flexibility index (Phi) is 6.87. The number of hydrogen-bond donors (Lipinski definition) is 2. The molecule has 0 unspecified atom stereocenters. The number of piperidine rings is 1. The molecule has 4 rings (SSSR count). The molecule has 1 fully saturated rings. The highest BCUT2D eigenvalue weighted by molar-refractivity contribution is 7.22. The number of rotatable bonds is 7. The van der Waals surface area contributed by atoms with Gasteiger partial charge in [0.1, 0.15) is 23.3 Å². The minimum absolute atomic E-state index is 0.0478. The van der Waals surface area contributed by atoms with Gasteiger partial charge in [-0.05, 0) is 44.0 Å². The van der Waals surface area contributed by atoms with Crippen molar-refractivity contribution in [3.63, 3.8) is 0 Å². The first-order chi connectivity index (χ1) is 16.0. The molecular formula is C22H26N6O4S. The number of hydrogen-bond acceptors (Lipinski definition) is 8. The van der Waals surface area contributed by atoms with Crippen molar-refractivity contribution in [1.82, 2.24) is 19.9 Å². The third-order valence-corrected chi connectivity index (χ3v) is 6.57. The Labute approximate surface area is 194 Å². The Bertz CT molecular complexity index is 1210. The molecule has 0 aliphatic carbocycles. The first-order valence-electron chi connectivity index (χ1n) is 10.8. The molecule has 3 aromatic rings. The number of nitrogens with zero attached hydrogens (tertiary/aromatic N) is 4. The second-order valence-corrected chi connectivity index (χ2v) is 8.76. The number of carbonyl (C=O) groups is 2. The maximum atomic E-state index is 13.0. The number of anilines is 2. The molecule has 174 valence electrons. The highest BCUT2D eigenvalue weighted by Crippen LogP contribution is 2.29. The van der Waals surface area contributed by atoms with Crippen LogP contribution in [0, 0.1) is 5.92 Å². The number of nitrogens with one attached hydrogen (secondary N) is 2. The number of fused-ring (bicyclic) bond motifs is 1. The lowest BCUT2D eigenvalue weighted by Crippen LogP contribution is -2.43. The van der Waals surface area contributed by atoms with E-state index in [1.54, 1.807) is 31.4 Å². The van der Waals surface area contributed by atoms with Crippen LogP contribution in [0.25, 0.3) is 10.3 Å². The lowest BCUT2D eigenvalue weighted by molar-refractivity contribution is -0.125. The number of benzene rings is 1. The van der Waals surface area contributed by atoms with Gasteiger partial charge in [0.15, 0.2) is 10.8 Å². The summed E-state index contributed by atoms with van der Waals surface area (Å²) in [5.41, 5.74) is 0.646. The molecule has 1 aliphatic rings. The summed E-state index contributed by atoms with van der Waals surface area (Å²) in [6.07, 6.45) is 3.05. The van der Waals surface area contributed by atoms with Crippen LogP contribution in [0.15, 0.2) is 35.4 Å². The Balaban J connectivity index is 1.48. The number of methoxy groups -OCH3 is 1. The molecule has 3 heterocycles. The lowest BCUT2D eigenvalue weighted by Gasteiger charge is -2.31. The van der Waals surface area contributed by atoms with Crippen LogP contribution in [0.1, 0.15) is 19.8 Å². The first-order valence-corrected chi connectivity index (χ1v) is 11.6. The third kappa shape index (κ3) is 5.14. The number of thiazole rings is 1. The minimum atomic E-state index is -0.339. The molecule has 0 spiro atoms. The van der Waals surface area contributed by atoms with E-state index in [4.69, 9.17) is 4.74 Å². The van der Waals surface area contributed by atoms with Gasteiger partial charge in [-0.3, -0.25) is 19.0 Å². The summed E-state index contributed by atoms with van der Waals surface area (Å²) >= 11 is 1.25. The number of aromatic nitrogens is 3. The second-order valence-electron chi connectivity index (χ2n) is 7.78. The van der Waals surface area contributed by atoms with Gasteiger partial charge < -0.3 is 20.3 Å². The largest absolute Gasteiger partial charge is 0.497 e. The molecule has 1 atom stereocenters. The molecule has 2 N–H and O–H groups in total. The van der Waals surface area contributed by atoms with Gasteiger partial charge in [-0.2, -0.15) is 4.98 Å². The van der Waals surface area contributed by atoms with Crippen molar-refractivity contribution in [1.29, 1.82) is 0 Å². The Morgan fingerprint density at radius 1 is 1.27 bits per heavy atom. The smallest absolute Gasteiger partial charge is 0.273 e. The van der Waals surface area contributed by atoms with Gasteiger partial charge >= 0.3 is 0 Å². The average Bonchev–Trinajstić information content (AvgIpc) is 3.27. The lowest BCUT2D eigenvalue weighted by atomic mass is 9.97. The summed E-state index contributed by atoms with van der Waals surface area (Å²) < 4.78 is 6.77. The van der Waals surface area contributed by atoms with E-state index < -0.39 is 0 Å². The van der Waals surface area contributed by atoms with Crippen molar-refractivity contribution < 1.29 is 14.3 Å². The fraction of sp³-hybridized carbons (Fsp3) is 0.409. The van der Waals surface area contributed by atoms with E-state index in [-0.39, 0.29) is 29.8 Å². The van der Waals surface area contributed by atoms with Crippen molar-refractivity contribution in [3.8, 4) is 5.75 Å². The monoisotopic (exact) mass is 470 g/mol. The van der Waals surface area contributed by atoms with Gasteiger partial charge in [0.2, 0.25) is 11.8 Å². The molecule has 1 aromatic carbocycles. The average molecular weight is 471 g/mol. The molecule has 0 saturated carbocycles. The minimum Gasteiger partial charge on any atom is -0.497 e. The molecule has 11 heteroatoms. The summed E-state index contributed by atoms with van der Waals surface area (Å²) in [4.78, 5) is 48.5. The van der Waals surface area contributed by atoms with Crippen molar-refractivity contribution in [2.75, 3.05) is 37.0 Å². The summed E-state index contributed by atoms with van der Waals surface area (Å²) in [6, 6.07) is 6.93. The maximum Gasteiger partial charge on any atom is 0.273 e. The molecule has 0 bridgehead atoms. The van der Waals surface area contributed by atoms with Crippen molar-refractivity contribution in [2.45, 2.75) is 26.3 Å². The van der Waals surface area contributed by atoms with Gasteiger partial charge in [-0.1, -0.05) is 11.3 Å². The van der Waals surface area contributed by atoms with Crippen molar-refractivity contribution in [3.05, 3.63) is 40.9 Å². The van der Waals surface area contributed by atoms with Crippen molar-refractivity contribution in [2.24, 2.45) is 5.92 Å². The summed E-state index contributed by atoms with van der Waals surface area (Å²) in [5.74, 6) is 0.295. The van der Waals surface area contributed by atoms with E-state index in [9.17, 15) is 14.4 Å². The Morgan fingerprint density at radius 3 is 2.79 bits per heavy atom. The van der Waals surface area contributed by atoms with Crippen LogP contribution < -0.4 is 25.8 Å². The molecular weight excluding hydrogens is 444 g/mol. The first kappa shape index (κ1) is 22.7. The third-order valence-electron chi connectivity index (χ3n) is 5.47. The SMILES string of the molecule is CCNC(=O)[C@@H]1CCCN(c2nc3ncn(CC(=O)Nc4ccc(OC)cc4)c(=O)c3s2)C1. The standard InChI is InChI=1S/C22H26N6O4S/c1-3-23-20(30)14-5-4-10-27(11-14)22-26-19-18(33-22)21(31)28(13-24-19)12-17(29)25-15-6-8-16(32-2)9-7-15/h6-9,13-14H,3-5,10-12H2,1-2H3,(H,23,30)(H,25,29)/t14-/m1/s1. The van der Waals surface area contributed by atoms with E-state index in [1.807, 2.05) is 11.8 Å². The predicted octanol–water partition coefficient (Wildman–Crippen LogP) is 1.85. The number of ether oxygens (including phenoxy) is 1. The Morgan fingerprint density at radius 2 is 2.06 bits per heavy atom. The second kappa shape index (κ2) is 9.99. The van der Waals surface area contributed by atoms with E-state index in [0.717, 1.165) is 19.4 Å². The van der Waals surface area contributed by atoms with Crippen LogP contribution in [-0.4, -0.2) is 53.1 Å². The van der Waals surface area contributed by atoms with Crippen molar-refractivity contribution >= 4 is 44.3 Å². The number of carbonyl (C=O) groups excluding carboxylic acids is 2. The number of amides is 2. The van der Waals surface area contributed by atoms with Crippen LogP contribution in [0.5, 0.6) is 5.75 Å². The highest BCUT2D eigenvalue weighted by Gasteiger charge is 2.27. The zero-order chi connectivity index (χ0) is 23.4. The normalized spacial score (nSPS) is 15.9. The van der Waals surface area contributed by atoms with E-state index in [0.29, 0.717) is 40.0 Å². The van der Waals surface area contributed by atoms with E-state index in [2.05, 4.69) is 20.6 Å². The van der Waals surface area contributed by atoms with E-state index in [1.165, 1.54) is 22.2 Å². The zero-order valence-corrected chi connectivity index (χ0v) is 19.4. The maximum absolute atomic E-state index is 13.0. The molecule has 10 nitrogen and oxygen atoms in total. The molecule has 2 amide bonds. The molecule has 0 radical (unpaired) electrons. The van der Waals surface area contributed by atoms with Gasteiger partial charge in [0.05, 0.1) is 13.0 Å². The van der Waals surface area contributed by atoms with Crippen LogP contribution in [0.3, 0.4) is 0 Å². The summed E-state index contributed by atoms with van der Waals surface area (Å²) in [6.45, 7) is 3.67. The van der Waals surface area contributed by atoms with Crippen LogP contribution in [0.2, 0.25) is 0 Å². The quantitative estimate of drug-likeness (QED) is 0.541.